The molecule has 0 aliphatic carbocycles. The highest BCUT2D eigenvalue weighted by Gasteiger charge is 2.05. The molecular formula is C5H10N2. The van der Waals surface area contributed by atoms with Gasteiger partial charge < -0.3 is 5.43 Å². The molecule has 1 unspecified atom stereocenters. The van der Waals surface area contributed by atoms with Gasteiger partial charge in [-0.3, -0.25) is 0 Å². The van der Waals surface area contributed by atoms with E-state index in [-0.39, 0.29) is 0 Å². The maximum Gasteiger partial charge on any atom is 0.0455 e. The molecule has 0 aromatic rings. The molecular weight excluding hydrogens is 88.1 g/mol. The van der Waals surface area contributed by atoms with Crippen LogP contribution in [0.15, 0.2) is 11.8 Å². The van der Waals surface area contributed by atoms with Gasteiger partial charge in [-0.05, 0) is 19.4 Å². The Balaban J connectivity index is 2.54. The van der Waals surface area contributed by atoms with Crippen molar-refractivity contribution in [3.8, 4) is 0 Å². The van der Waals surface area contributed by atoms with Crippen molar-refractivity contribution in [2.45, 2.75) is 19.9 Å². The lowest BCUT2D eigenvalue weighted by Crippen LogP contribution is -2.28. The predicted octanol–water partition coefficient (Wildman–Crippen LogP) is 0.386. The predicted molar refractivity (Wildman–Crippen MR) is 29.5 cm³/mol. The quantitative estimate of drug-likeness (QED) is 0.458. The van der Waals surface area contributed by atoms with Crippen molar-refractivity contribution < 1.29 is 0 Å². The Bertz CT molecular complexity index is 96.3. The van der Waals surface area contributed by atoms with Crippen molar-refractivity contribution in [2.75, 3.05) is 0 Å². The summed E-state index contributed by atoms with van der Waals surface area (Å²) in [7, 11) is 0. The normalized spacial score (nSPS) is 29.4. The molecule has 1 aliphatic heterocycles. The van der Waals surface area contributed by atoms with E-state index in [1.165, 1.54) is 5.57 Å². The van der Waals surface area contributed by atoms with E-state index in [0.29, 0.717) is 6.04 Å². The smallest absolute Gasteiger partial charge is 0.0455 e. The lowest BCUT2D eigenvalue weighted by molar-refractivity contribution is 0.609. The maximum atomic E-state index is 3.03. The Labute approximate surface area is 43.6 Å². The lowest BCUT2D eigenvalue weighted by atomic mass is 10.2. The van der Waals surface area contributed by atoms with Crippen molar-refractivity contribution in [3.63, 3.8) is 0 Å². The molecule has 0 saturated carbocycles. The molecule has 1 rings (SSSR count). The summed E-state index contributed by atoms with van der Waals surface area (Å²) >= 11 is 0. The molecule has 1 aliphatic rings. The van der Waals surface area contributed by atoms with E-state index in [0.717, 1.165) is 0 Å². The van der Waals surface area contributed by atoms with Crippen LogP contribution >= 0.6 is 0 Å². The van der Waals surface area contributed by atoms with Gasteiger partial charge in [0.1, 0.15) is 0 Å². The summed E-state index contributed by atoms with van der Waals surface area (Å²) in [4.78, 5) is 0. The first-order valence-corrected chi connectivity index (χ1v) is 2.48. The second-order valence-corrected chi connectivity index (χ2v) is 1.90. The molecule has 0 fully saturated rings. The van der Waals surface area contributed by atoms with Crippen molar-refractivity contribution in [3.05, 3.63) is 11.8 Å². The van der Waals surface area contributed by atoms with Crippen molar-refractivity contribution in [1.29, 1.82) is 0 Å². The van der Waals surface area contributed by atoms with Gasteiger partial charge in [0, 0.05) is 12.2 Å². The molecule has 2 N–H and O–H groups in total. The summed E-state index contributed by atoms with van der Waals surface area (Å²) in [5, 5.41) is 0. The number of hydrazine groups is 1. The largest absolute Gasteiger partial charge is 0.328 e. The van der Waals surface area contributed by atoms with Gasteiger partial charge in [-0.25, -0.2) is 5.43 Å². The van der Waals surface area contributed by atoms with Crippen molar-refractivity contribution in [2.24, 2.45) is 0 Å². The third-order valence-corrected chi connectivity index (χ3v) is 1.28. The SMILES string of the molecule is CC1=CNNC1C. The first-order valence-electron chi connectivity index (χ1n) is 2.48. The molecule has 40 valence electrons. The third kappa shape index (κ3) is 0.747. The Morgan fingerprint density at radius 3 is 2.57 bits per heavy atom. The van der Waals surface area contributed by atoms with E-state index < -0.39 is 0 Å². The maximum absolute atomic E-state index is 3.03. The molecule has 0 aromatic heterocycles. The highest BCUT2D eigenvalue weighted by molar-refractivity contribution is 5.08. The van der Waals surface area contributed by atoms with Crippen LogP contribution in [-0.2, 0) is 0 Å². The summed E-state index contributed by atoms with van der Waals surface area (Å²) < 4.78 is 0. The van der Waals surface area contributed by atoms with Gasteiger partial charge in [0.15, 0.2) is 0 Å². The Morgan fingerprint density at radius 1 is 1.71 bits per heavy atom. The van der Waals surface area contributed by atoms with E-state index in [1.54, 1.807) is 0 Å². The minimum Gasteiger partial charge on any atom is -0.328 e. The fourth-order valence-electron chi connectivity index (χ4n) is 0.519. The molecule has 0 amide bonds. The second-order valence-electron chi connectivity index (χ2n) is 1.90. The molecule has 7 heavy (non-hydrogen) atoms. The van der Waals surface area contributed by atoms with Crippen molar-refractivity contribution in [1.82, 2.24) is 10.9 Å². The van der Waals surface area contributed by atoms with Gasteiger partial charge in [0.2, 0.25) is 0 Å². The zero-order valence-electron chi connectivity index (χ0n) is 4.65. The fraction of sp³-hybridized carbons (Fsp3) is 0.600. The van der Waals surface area contributed by atoms with Crippen LogP contribution in [0, 0.1) is 0 Å². The van der Waals surface area contributed by atoms with E-state index in [9.17, 15) is 0 Å². The standard InChI is InChI=1S/C5H10N2/c1-4-3-6-7-5(4)2/h3,5-7H,1-2H3. The second kappa shape index (κ2) is 1.54. The highest BCUT2D eigenvalue weighted by Crippen LogP contribution is 2.00. The zero-order valence-corrected chi connectivity index (χ0v) is 4.65. The number of hydrogen-bond donors (Lipinski definition) is 2. The van der Waals surface area contributed by atoms with E-state index in [1.807, 2.05) is 6.20 Å². The molecule has 0 radical (unpaired) electrons. The minimum atomic E-state index is 0.514. The number of hydrogen-bond acceptors (Lipinski definition) is 2. The van der Waals surface area contributed by atoms with Crippen molar-refractivity contribution >= 4 is 0 Å². The van der Waals surface area contributed by atoms with Gasteiger partial charge in [0.05, 0.1) is 0 Å². The molecule has 0 spiro atoms. The highest BCUT2D eigenvalue weighted by atomic mass is 15.4. The van der Waals surface area contributed by atoms with Crippen LogP contribution in [0.5, 0.6) is 0 Å². The summed E-state index contributed by atoms with van der Waals surface area (Å²) in [6, 6.07) is 0.514. The van der Waals surface area contributed by atoms with Gasteiger partial charge in [-0.2, -0.15) is 0 Å². The monoisotopic (exact) mass is 98.1 g/mol. The van der Waals surface area contributed by atoms with E-state index >= 15 is 0 Å². The Hall–Kier alpha value is -0.500. The first-order chi connectivity index (χ1) is 3.30. The van der Waals surface area contributed by atoms with Crippen LogP contribution in [0.25, 0.3) is 0 Å². The van der Waals surface area contributed by atoms with E-state index in [4.69, 9.17) is 0 Å². The summed E-state index contributed by atoms with van der Waals surface area (Å²) in [6.07, 6.45) is 1.98. The lowest BCUT2D eigenvalue weighted by Gasteiger charge is -2.00. The number of nitrogens with one attached hydrogen (secondary N) is 2. The molecule has 1 heterocycles. The van der Waals surface area contributed by atoms with Crippen LogP contribution in [0.3, 0.4) is 0 Å². The summed E-state index contributed by atoms with van der Waals surface area (Å²) in [6.45, 7) is 4.21. The summed E-state index contributed by atoms with van der Waals surface area (Å²) in [5.74, 6) is 0. The molecule has 2 heteroatoms. The van der Waals surface area contributed by atoms with Gasteiger partial charge in [-0.15, -0.1) is 0 Å². The summed E-state index contributed by atoms with van der Waals surface area (Å²) in [5.41, 5.74) is 7.30. The van der Waals surface area contributed by atoms with Gasteiger partial charge in [0.25, 0.3) is 0 Å². The average molecular weight is 98.1 g/mol. The van der Waals surface area contributed by atoms with Crippen LogP contribution in [0.4, 0.5) is 0 Å². The van der Waals surface area contributed by atoms with Gasteiger partial charge in [-0.1, -0.05) is 0 Å². The van der Waals surface area contributed by atoms with E-state index in [2.05, 4.69) is 24.7 Å². The molecule has 0 aromatic carbocycles. The minimum absolute atomic E-state index is 0.514. The van der Waals surface area contributed by atoms with Gasteiger partial charge >= 0.3 is 0 Å². The Morgan fingerprint density at radius 2 is 2.43 bits per heavy atom. The molecule has 0 bridgehead atoms. The van der Waals surface area contributed by atoms with Crippen LogP contribution in [0.1, 0.15) is 13.8 Å². The zero-order chi connectivity index (χ0) is 5.28. The molecule has 1 atom stereocenters. The van der Waals surface area contributed by atoms with Crippen LogP contribution < -0.4 is 10.9 Å². The topological polar surface area (TPSA) is 24.1 Å². The average Bonchev–Trinajstić information content (AvgIpc) is 1.91. The number of rotatable bonds is 0. The van der Waals surface area contributed by atoms with Crippen LogP contribution in [-0.4, -0.2) is 6.04 Å². The Kier molecular flexibility index (Phi) is 1.02. The fourth-order valence-corrected chi connectivity index (χ4v) is 0.519. The van der Waals surface area contributed by atoms with Crippen LogP contribution in [0.2, 0.25) is 0 Å². The molecule has 0 saturated heterocycles. The first kappa shape index (κ1) is 4.65. The molecule has 2 nitrogen and oxygen atoms in total. The third-order valence-electron chi connectivity index (χ3n) is 1.28.